The minimum absolute atomic E-state index is 0.0622. The number of fused-ring (bicyclic) bond motifs is 2. The lowest BCUT2D eigenvalue weighted by Gasteiger charge is -2.12. The van der Waals surface area contributed by atoms with Crippen LogP contribution in [-0.4, -0.2) is 29.4 Å². The van der Waals surface area contributed by atoms with Crippen molar-refractivity contribution in [1.29, 1.82) is 0 Å². The number of hydrogen-bond acceptors (Lipinski definition) is 6. The summed E-state index contributed by atoms with van der Waals surface area (Å²) in [6.45, 7) is 4.04. The first-order valence-electron chi connectivity index (χ1n) is 7.86. The van der Waals surface area contributed by atoms with Gasteiger partial charge in [0.25, 0.3) is 5.56 Å². The molecule has 0 amide bonds. The normalized spacial score (nSPS) is 12.9. The second kappa shape index (κ2) is 5.79. The third kappa shape index (κ3) is 2.30. The van der Waals surface area contributed by atoms with Crippen LogP contribution in [0.5, 0.6) is 0 Å². The summed E-state index contributed by atoms with van der Waals surface area (Å²) in [6, 6.07) is 7.15. The number of rotatable bonds is 4. The van der Waals surface area contributed by atoms with Gasteiger partial charge in [-0.2, -0.15) is 9.61 Å². The molecule has 4 rings (SSSR count). The topological polar surface area (TPSA) is 78.0 Å². The van der Waals surface area contributed by atoms with Crippen LogP contribution in [0.4, 0.5) is 0 Å². The van der Waals surface area contributed by atoms with E-state index < -0.39 is 0 Å². The molecule has 0 aliphatic rings. The fourth-order valence-corrected chi connectivity index (χ4v) is 3.61. The molecule has 24 heavy (non-hydrogen) atoms. The zero-order chi connectivity index (χ0) is 16.7. The summed E-state index contributed by atoms with van der Waals surface area (Å²) in [6.07, 6.45) is 3.40. The van der Waals surface area contributed by atoms with Crippen molar-refractivity contribution >= 4 is 27.2 Å². The Hall–Kier alpha value is -2.61. The van der Waals surface area contributed by atoms with Crippen molar-refractivity contribution in [2.45, 2.75) is 32.7 Å². The summed E-state index contributed by atoms with van der Waals surface area (Å²) in [5, 5.41) is 14.4. The molecule has 7 nitrogen and oxygen atoms in total. The maximum Gasteiger partial charge on any atom is 0.261 e. The highest BCUT2D eigenvalue weighted by Crippen LogP contribution is 2.23. The lowest BCUT2D eigenvalue weighted by Crippen LogP contribution is -2.24. The summed E-state index contributed by atoms with van der Waals surface area (Å²) in [5.74, 6) is 0.853. The van der Waals surface area contributed by atoms with Gasteiger partial charge in [0, 0.05) is 6.42 Å². The van der Waals surface area contributed by atoms with Crippen molar-refractivity contribution < 1.29 is 0 Å². The highest BCUT2D eigenvalue weighted by Gasteiger charge is 2.18. The van der Waals surface area contributed by atoms with Gasteiger partial charge in [-0.15, -0.1) is 10.2 Å². The predicted octanol–water partition coefficient (Wildman–Crippen LogP) is 2.46. The van der Waals surface area contributed by atoms with E-state index in [1.807, 2.05) is 25.1 Å². The Morgan fingerprint density at radius 1 is 1.25 bits per heavy atom. The largest absolute Gasteiger partial charge is 0.289 e. The molecule has 0 radical (unpaired) electrons. The maximum absolute atomic E-state index is 12.7. The average molecular weight is 340 g/mol. The van der Waals surface area contributed by atoms with Crippen LogP contribution in [0.2, 0.25) is 0 Å². The quantitative estimate of drug-likeness (QED) is 0.570. The van der Waals surface area contributed by atoms with Gasteiger partial charge in [0.05, 0.1) is 23.3 Å². The first-order valence-corrected chi connectivity index (χ1v) is 8.67. The summed E-state index contributed by atoms with van der Waals surface area (Å²) in [5.41, 5.74) is 0.641. The molecule has 0 fully saturated rings. The van der Waals surface area contributed by atoms with E-state index in [1.54, 1.807) is 21.5 Å². The fourth-order valence-electron chi connectivity index (χ4n) is 2.70. The third-order valence-electron chi connectivity index (χ3n) is 4.01. The zero-order valence-electron chi connectivity index (χ0n) is 13.4. The Bertz CT molecular complexity index is 1080. The Balaban J connectivity index is 1.80. The highest BCUT2D eigenvalue weighted by atomic mass is 32.1. The van der Waals surface area contributed by atoms with Crippen LogP contribution >= 0.6 is 11.3 Å². The van der Waals surface area contributed by atoms with Gasteiger partial charge < -0.3 is 0 Å². The van der Waals surface area contributed by atoms with E-state index >= 15 is 0 Å². The third-order valence-corrected chi connectivity index (χ3v) is 5.08. The molecule has 122 valence electrons. The summed E-state index contributed by atoms with van der Waals surface area (Å²) in [7, 11) is 0. The van der Waals surface area contributed by atoms with Crippen LogP contribution in [0, 0.1) is 0 Å². The molecule has 3 aromatic heterocycles. The number of benzene rings is 1. The maximum atomic E-state index is 12.7. The average Bonchev–Trinajstić information content (AvgIpc) is 3.17. The summed E-state index contributed by atoms with van der Waals surface area (Å²) in [4.78, 5) is 17.9. The van der Waals surface area contributed by atoms with Crippen molar-refractivity contribution in [2.75, 3.05) is 0 Å². The monoisotopic (exact) mass is 340 g/mol. The molecule has 0 aliphatic heterocycles. The van der Waals surface area contributed by atoms with E-state index in [-0.39, 0.29) is 11.6 Å². The van der Waals surface area contributed by atoms with Crippen molar-refractivity contribution in [3.05, 3.63) is 51.8 Å². The van der Waals surface area contributed by atoms with Gasteiger partial charge in [0.2, 0.25) is 4.96 Å². The van der Waals surface area contributed by atoms with Crippen LogP contribution in [-0.2, 0) is 6.42 Å². The van der Waals surface area contributed by atoms with Gasteiger partial charge >= 0.3 is 0 Å². The second-order valence-electron chi connectivity index (χ2n) is 5.65. The zero-order valence-corrected chi connectivity index (χ0v) is 14.2. The molecule has 0 N–H and O–H groups in total. The van der Waals surface area contributed by atoms with Crippen LogP contribution in [0.25, 0.3) is 15.9 Å². The molecule has 8 heteroatoms. The Kier molecular flexibility index (Phi) is 3.61. The number of para-hydroxylation sites is 1. The molecular weight excluding hydrogens is 324 g/mol. The number of nitrogens with zero attached hydrogens (tertiary/aromatic N) is 6. The van der Waals surface area contributed by atoms with Crippen molar-refractivity contribution in [2.24, 2.45) is 0 Å². The molecule has 0 unspecified atom stereocenters. The Morgan fingerprint density at radius 2 is 2.08 bits per heavy atom. The van der Waals surface area contributed by atoms with Gasteiger partial charge in [-0.1, -0.05) is 30.4 Å². The van der Waals surface area contributed by atoms with Crippen molar-refractivity contribution in [1.82, 2.24) is 29.4 Å². The SMILES string of the molecule is CCCc1nnc2sc([C@H](C)n3cnc4ccccc4c3=O)nn12. The Morgan fingerprint density at radius 3 is 2.92 bits per heavy atom. The summed E-state index contributed by atoms with van der Waals surface area (Å²) >= 11 is 1.45. The van der Waals surface area contributed by atoms with Gasteiger partial charge in [0.1, 0.15) is 5.01 Å². The summed E-state index contributed by atoms with van der Waals surface area (Å²) < 4.78 is 3.40. The molecule has 0 spiro atoms. The number of aryl methyl sites for hydroxylation is 1. The molecule has 4 aromatic rings. The Labute approximate surface area is 141 Å². The van der Waals surface area contributed by atoms with Gasteiger partial charge in [0.15, 0.2) is 5.82 Å². The van der Waals surface area contributed by atoms with Crippen molar-refractivity contribution in [3.63, 3.8) is 0 Å². The predicted molar refractivity (Wildman–Crippen MR) is 92.5 cm³/mol. The molecular formula is C16H16N6OS. The molecule has 1 atom stereocenters. The van der Waals surface area contributed by atoms with Gasteiger partial charge in [-0.05, 0) is 25.5 Å². The van der Waals surface area contributed by atoms with E-state index in [4.69, 9.17) is 0 Å². The molecule has 1 aromatic carbocycles. The molecule has 0 saturated heterocycles. The second-order valence-corrected chi connectivity index (χ2v) is 6.64. The van der Waals surface area contributed by atoms with Crippen LogP contribution in [0.3, 0.4) is 0 Å². The molecule has 0 aliphatic carbocycles. The molecule has 0 saturated carbocycles. The minimum atomic E-state index is -0.212. The van der Waals surface area contributed by atoms with E-state index in [0.29, 0.717) is 10.9 Å². The fraction of sp³-hybridized carbons (Fsp3) is 0.312. The highest BCUT2D eigenvalue weighted by molar-refractivity contribution is 7.16. The van der Waals surface area contributed by atoms with E-state index in [9.17, 15) is 4.79 Å². The van der Waals surface area contributed by atoms with Gasteiger partial charge in [-0.3, -0.25) is 9.36 Å². The van der Waals surface area contributed by atoms with E-state index in [2.05, 4.69) is 27.2 Å². The molecule has 3 heterocycles. The van der Waals surface area contributed by atoms with Gasteiger partial charge in [-0.25, -0.2) is 4.98 Å². The minimum Gasteiger partial charge on any atom is -0.289 e. The lowest BCUT2D eigenvalue weighted by molar-refractivity contribution is 0.593. The molecule has 0 bridgehead atoms. The first kappa shape index (κ1) is 14.9. The number of hydrogen-bond donors (Lipinski definition) is 0. The van der Waals surface area contributed by atoms with E-state index in [1.165, 1.54) is 11.3 Å². The van der Waals surface area contributed by atoms with Crippen LogP contribution in [0.1, 0.15) is 37.1 Å². The smallest absolute Gasteiger partial charge is 0.261 e. The lowest BCUT2D eigenvalue weighted by atomic mass is 10.2. The first-order chi connectivity index (χ1) is 11.7. The van der Waals surface area contributed by atoms with Crippen LogP contribution in [0.15, 0.2) is 35.4 Å². The number of aromatic nitrogens is 6. The van der Waals surface area contributed by atoms with Crippen molar-refractivity contribution in [3.8, 4) is 0 Å². The van der Waals surface area contributed by atoms with Crippen LogP contribution < -0.4 is 5.56 Å². The standard InChI is InChI=1S/C16H16N6OS/c1-3-6-13-18-19-16-22(13)20-14(24-16)10(2)21-9-17-12-8-5-4-7-11(12)15(21)23/h4-5,7-10H,3,6H2,1-2H3/t10-/m0/s1. The van der Waals surface area contributed by atoms with E-state index in [0.717, 1.165) is 28.6 Å².